The van der Waals surface area contributed by atoms with Gasteiger partial charge in [-0.1, -0.05) is 26.7 Å². The number of hydrazine groups is 1. The molecule has 0 aromatic heterocycles. The van der Waals surface area contributed by atoms with Crippen molar-refractivity contribution in [3.63, 3.8) is 0 Å². The van der Waals surface area contributed by atoms with Crippen LogP contribution in [-0.2, 0) is 9.59 Å². The van der Waals surface area contributed by atoms with Crippen LogP contribution in [-0.4, -0.2) is 40.3 Å². The van der Waals surface area contributed by atoms with E-state index in [1.165, 1.54) is 25.7 Å². The van der Waals surface area contributed by atoms with Gasteiger partial charge < -0.3 is 10.2 Å². The van der Waals surface area contributed by atoms with Crippen LogP contribution in [0.15, 0.2) is 0 Å². The van der Waals surface area contributed by atoms with Crippen molar-refractivity contribution >= 4 is 11.9 Å². The average molecular weight is 234 g/mol. The molecule has 4 N–H and O–H groups in total. The molecule has 0 saturated carbocycles. The topological polar surface area (TPSA) is 104 Å². The number of carbonyl (C=O) groups is 2. The maximum atomic E-state index is 9.10. The van der Waals surface area contributed by atoms with Gasteiger partial charge in [-0.15, -0.1) is 0 Å². The van der Waals surface area contributed by atoms with Crippen molar-refractivity contribution in [3.05, 3.63) is 0 Å². The van der Waals surface area contributed by atoms with E-state index in [-0.39, 0.29) is 0 Å². The average Bonchev–Trinajstić information content (AvgIpc) is 2.24. The second-order valence-electron chi connectivity index (χ2n) is 3.35. The Morgan fingerprint density at radius 3 is 1.50 bits per heavy atom. The van der Waals surface area contributed by atoms with Gasteiger partial charge in [0, 0.05) is 13.1 Å². The fourth-order valence-corrected chi connectivity index (χ4v) is 0.834. The number of unbranched alkanes of at least 4 members (excludes halogenated alkanes) is 2. The molecule has 0 atom stereocenters. The summed E-state index contributed by atoms with van der Waals surface area (Å²) < 4.78 is 0. The fraction of sp³-hybridized carbons (Fsp3) is 0.800. The third-order valence-corrected chi connectivity index (χ3v) is 1.78. The monoisotopic (exact) mass is 234 g/mol. The first-order chi connectivity index (χ1) is 7.45. The lowest BCUT2D eigenvalue weighted by atomic mass is 10.3. The maximum absolute atomic E-state index is 9.10. The zero-order chi connectivity index (χ0) is 13.0. The van der Waals surface area contributed by atoms with Crippen LogP contribution >= 0.6 is 0 Å². The summed E-state index contributed by atoms with van der Waals surface area (Å²) in [6.07, 6.45) is 4.92. The minimum Gasteiger partial charge on any atom is -0.473 e. The first kappa shape index (κ1) is 17.3. The number of nitrogens with two attached hydrogens (primary N) is 1. The van der Waals surface area contributed by atoms with Gasteiger partial charge in [0.1, 0.15) is 0 Å². The molecule has 0 aromatic rings. The number of hydrogen-bond donors (Lipinski definition) is 3. The van der Waals surface area contributed by atoms with Gasteiger partial charge in [0.15, 0.2) is 0 Å². The highest BCUT2D eigenvalue weighted by Gasteiger charge is 2.04. The number of hydrogen-bond acceptors (Lipinski definition) is 4. The molecule has 0 aliphatic carbocycles. The third-order valence-electron chi connectivity index (χ3n) is 1.78. The number of rotatable bonds is 6. The van der Waals surface area contributed by atoms with E-state index in [0.29, 0.717) is 0 Å². The highest BCUT2D eigenvalue weighted by Crippen LogP contribution is 1.92. The molecule has 6 heteroatoms. The number of nitrogens with zero attached hydrogens (tertiary/aromatic N) is 1. The smallest absolute Gasteiger partial charge is 0.414 e. The van der Waals surface area contributed by atoms with E-state index in [1.807, 2.05) is 5.01 Å². The second-order valence-corrected chi connectivity index (χ2v) is 3.35. The van der Waals surface area contributed by atoms with Gasteiger partial charge in [0.05, 0.1) is 0 Å². The first-order valence-corrected chi connectivity index (χ1v) is 5.41. The van der Waals surface area contributed by atoms with Crippen molar-refractivity contribution in [2.45, 2.75) is 39.5 Å². The normalized spacial score (nSPS) is 9.50. The van der Waals surface area contributed by atoms with Crippen LogP contribution in [0.25, 0.3) is 0 Å². The summed E-state index contributed by atoms with van der Waals surface area (Å²) >= 11 is 0. The Labute approximate surface area is 96.0 Å². The molecular formula is C10H22N2O4. The van der Waals surface area contributed by atoms with Gasteiger partial charge in [0.2, 0.25) is 0 Å². The van der Waals surface area contributed by atoms with Crippen molar-refractivity contribution in [2.24, 2.45) is 5.84 Å². The predicted molar refractivity (Wildman–Crippen MR) is 60.8 cm³/mol. The van der Waals surface area contributed by atoms with Gasteiger partial charge in [-0.3, -0.25) is 5.84 Å². The van der Waals surface area contributed by atoms with Crippen LogP contribution in [0.1, 0.15) is 39.5 Å². The van der Waals surface area contributed by atoms with E-state index in [4.69, 9.17) is 25.6 Å². The summed E-state index contributed by atoms with van der Waals surface area (Å²) in [6, 6.07) is 0. The highest BCUT2D eigenvalue weighted by atomic mass is 16.4. The Morgan fingerprint density at radius 1 is 1.00 bits per heavy atom. The van der Waals surface area contributed by atoms with Crippen LogP contribution in [0.5, 0.6) is 0 Å². The van der Waals surface area contributed by atoms with Gasteiger partial charge in [-0.05, 0) is 12.8 Å². The van der Waals surface area contributed by atoms with Crippen LogP contribution in [0.2, 0.25) is 0 Å². The molecule has 96 valence electrons. The fourth-order valence-electron chi connectivity index (χ4n) is 0.834. The van der Waals surface area contributed by atoms with Crippen molar-refractivity contribution in [1.82, 2.24) is 5.01 Å². The van der Waals surface area contributed by atoms with Crippen molar-refractivity contribution in [3.8, 4) is 0 Å². The number of carboxylic acid groups (broad SMARTS) is 2. The maximum Gasteiger partial charge on any atom is 0.414 e. The van der Waals surface area contributed by atoms with E-state index >= 15 is 0 Å². The molecule has 0 heterocycles. The lowest BCUT2D eigenvalue weighted by molar-refractivity contribution is -0.159. The Morgan fingerprint density at radius 2 is 1.31 bits per heavy atom. The second kappa shape index (κ2) is 11.9. The van der Waals surface area contributed by atoms with E-state index in [2.05, 4.69) is 13.8 Å². The van der Waals surface area contributed by atoms with Crippen molar-refractivity contribution in [2.75, 3.05) is 13.1 Å². The number of aliphatic carboxylic acids is 2. The van der Waals surface area contributed by atoms with E-state index in [1.54, 1.807) is 0 Å². The summed E-state index contributed by atoms with van der Waals surface area (Å²) in [5.74, 6) is 2.03. The zero-order valence-corrected chi connectivity index (χ0v) is 9.98. The molecule has 0 fully saturated rings. The molecule has 0 rings (SSSR count). The minimum atomic E-state index is -1.82. The summed E-state index contributed by atoms with van der Waals surface area (Å²) in [4.78, 5) is 18.2. The van der Waals surface area contributed by atoms with Gasteiger partial charge >= 0.3 is 11.9 Å². The highest BCUT2D eigenvalue weighted by molar-refractivity contribution is 6.27. The van der Waals surface area contributed by atoms with Gasteiger partial charge in [-0.2, -0.15) is 0 Å². The molecular weight excluding hydrogens is 212 g/mol. The molecule has 6 nitrogen and oxygen atoms in total. The lowest BCUT2D eigenvalue weighted by Gasteiger charge is -2.14. The molecule has 0 amide bonds. The standard InChI is InChI=1S/C8H20N2.C2H2O4/c1-3-5-7-10(9)8-6-4-2;3-1(4)2(5)6/h3-9H2,1-2H3;(H,3,4)(H,5,6). The summed E-state index contributed by atoms with van der Waals surface area (Å²) in [6.45, 7) is 6.48. The Bertz CT molecular complexity index is 177. The molecule has 16 heavy (non-hydrogen) atoms. The zero-order valence-electron chi connectivity index (χ0n) is 9.98. The Kier molecular flexibility index (Phi) is 12.9. The molecule has 0 aliphatic rings. The van der Waals surface area contributed by atoms with Crippen molar-refractivity contribution in [1.29, 1.82) is 0 Å². The lowest BCUT2D eigenvalue weighted by Crippen LogP contribution is -2.32. The Hall–Kier alpha value is -1.14. The van der Waals surface area contributed by atoms with Gasteiger partial charge in [-0.25, -0.2) is 14.6 Å². The molecule has 0 radical (unpaired) electrons. The predicted octanol–water partition coefficient (Wildman–Crippen LogP) is 0.918. The summed E-state index contributed by atoms with van der Waals surface area (Å²) in [7, 11) is 0. The molecule has 0 aromatic carbocycles. The third kappa shape index (κ3) is 15.3. The van der Waals surface area contributed by atoms with Crippen LogP contribution in [0.4, 0.5) is 0 Å². The quantitative estimate of drug-likeness (QED) is 0.358. The molecule has 0 aliphatic heterocycles. The van der Waals surface area contributed by atoms with E-state index < -0.39 is 11.9 Å². The molecule has 0 saturated heterocycles. The van der Waals surface area contributed by atoms with E-state index in [9.17, 15) is 0 Å². The van der Waals surface area contributed by atoms with E-state index in [0.717, 1.165) is 13.1 Å². The largest absolute Gasteiger partial charge is 0.473 e. The van der Waals surface area contributed by atoms with Crippen molar-refractivity contribution < 1.29 is 19.8 Å². The van der Waals surface area contributed by atoms with Crippen LogP contribution < -0.4 is 5.84 Å². The molecule has 0 bridgehead atoms. The number of carboxylic acids is 2. The van der Waals surface area contributed by atoms with Crippen LogP contribution in [0, 0.1) is 0 Å². The Balaban J connectivity index is 0. The first-order valence-electron chi connectivity index (χ1n) is 5.41. The van der Waals surface area contributed by atoms with Crippen LogP contribution in [0.3, 0.4) is 0 Å². The molecule has 0 unspecified atom stereocenters. The van der Waals surface area contributed by atoms with Gasteiger partial charge in [0.25, 0.3) is 0 Å². The molecule has 0 spiro atoms. The SMILES string of the molecule is CCCCN(N)CCCC.O=C(O)C(=O)O. The summed E-state index contributed by atoms with van der Waals surface area (Å²) in [5, 5.41) is 16.7. The summed E-state index contributed by atoms with van der Waals surface area (Å²) in [5.41, 5.74) is 0. The minimum absolute atomic E-state index is 1.05.